The molecule has 0 fully saturated rings. The third-order valence-electron chi connectivity index (χ3n) is 2.64. The highest BCUT2D eigenvalue weighted by molar-refractivity contribution is 9.10. The Morgan fingerprint density at radius 2 is 2.00 bits per heavy atom. The summed E-state index contributed by atoms with van der Waals surface area (Å²) in [6, 6.07) is 5.24. The van der Waals surface area contributed by atoms with Crippen molar-refractivity contribution in [1.82, 2.24) is 0 Å². The number of hydrogen-bond donors (Lipinski definition) is 2. The normalized spacial score (nSPS) is 11.8. The minimum Gasteiger partial charge on any atom is -0.369 e. The van der Waals surface area contributed by atoms with Crippen LogP contribution >= 0.6 is 15.9 Å². The predicted molar refractivity (Wildman–Crippen MR) is 82.8 cm³/mol. The van der Waals surface area contributed by atoms with Gasteiger partial charge in [-0.1, -0.05) is 22.9 Å². The molecule has 1 aromatic rings. The molecule has 20 heavy (non-hydrogen) atoms. The van der Waals surface area contributed by atoms with E-state index < -0.39 is 0 Å². The number of halogens is 1. The van der Waals surface area contributed by atoms with Crippen molar-refractivity contribution in [2.75, 3.05) is 17.2 Å². The first-order valence-corrected chi connectivity index (χ1v) is 7.20. The lowest BCUT2D eigenvalue weighted by Gasteiger charge is -2.13. The van der Waals surface area contributed by atoms with Gasteiger partial charge in [-0.3, -0.25) is 9.59 Å². The molecule has 0 aliphatic carbocycles. The molecule has 110 valence electrons. The SMILES string of the molecule is CC[C@H](C)OCC(=O)Nc1cc(Br)ccc1NC(C)=O. The van der Waals surface area contributed by atoms with Gasteiger partial charge in [-0.2, -0.15) is 0 Å². The molecule has 2 amide bonds. The van der Waals surface area contributed by atoms with E-state index in [2.05, 4.69) is 26.6 Å². The molecule has 0 bridgehead atoms. The Labute approximate surface area is 127 Å². The van der Waals surface area contributed by atoms with Gasteiger partial charge in [-0.15, -0.1) is 0 Å². The van der Waals surface area contributed by atoms with E-state index in [1.54, 1.807) is 18.2 Å². The smallest absolute Gasteiger partial charge is 0.250 e. The van der Waals surface area contributed by atoms with E-state index in [4.69, 9.17) is 4.74 Å². The maximum absolute atomic E-state index is 11.8. The topological polar surface area (TPSA) is 67.4 Å². The quantitative estimate of drug-likeness (QED) is 0.834. The van der Waals surface area contributed by atoms with Gasteiger partial charge < -0.3 is 15.4 Å². The monoisotopic (exact) mass is 342 g/mol. The number of anilines is 2. The lowest BCUT2D eigenvalue weighted by Crippen LogP contribution is -2.22. The highest BCUT2D eigenvalue weighted by Gasteiger charge is 2.10. The molecule has 0 aliphatic heterocycles. The summed E-state index contributed by atoms with van der Waals surface area (Å²) in [5.74, 6) is -0.450. The first-order chi connectivity index (χ1) is 9.42. The van der Waals surface area contributed by atoms with Gasteiger partial charge in [0.1, 0.15) is 6.61 Å². The number of rotatable bonds is 6. The molecule has 0 saturated carbocycles. The van der Waals surface area contributed by atoms with Gasteiger partial charge in [-0.25, -0.2) is 0 Å². The van der Waals surface area contributed by atoms with E-state index in [1.807, 2.05) is 13.8 Å². The molecule has 6 heteroatoms. The van der Waals surface area contributed by atoms with Crippen molar-refractivity contribution >= 4 is 39.1 Å². The molecule has 0 unspecified atom stereocenters. The Morgan fingerprint density at radius 1 is 1.30 bits per heavy atom. The summed E-state index contributed by atoms with van der Waals surface area (Å²) in [6.45, 7) is 5.31. The number of carbonyl (C=O) groups is 2. The van der Waals surface area contributed by atoms with Crippen molar-refractivity contribution in [3.05, 3.63) is 22.7 Å². The Kier molecular flexibility index (Phi) is 6.67. The van der Waals surface area contributed by atoms with Crippen molar-refractivity contribution in [3.8, 4) is 0 Å². The highest BCUT2D eigenvalue weighted by atomic mass is 79.9. The maximum Gasteiger partial charge on any atom is 0.250 e. The second-order valence-electron chi connectivity index (χ2n) is 4.45. The Balaban J connectivity index is 2.72. The highest BCUT2D eigenvalue weighted by Crippen LogP contribution is 2.26. The maximum atomic E-state index is 11.8. The molecule has 0 heterocycles. The number of amides is 2. The number of benzene rings is 1. The van der Waals surface area contributed by atoms with Crippen LogP contribution in [0.4, 0.5) is 11.4 Å². The molecule has 0 aliphatic rings. The van der Waals surface area contributed by atoms with E-state index in [1.165, 1.54) is 6.92 Å². The fraction of sp³-hybridized carbons (Fsp3) is 0.429. The average molecular weight is 343 g/mol. The Bertz CT molecular complexity index is 491. The summed E-state index contributed by atoms with van der Waals surface area (Å²) < 4.78 is 6.18. The number of carbonyl (C=O) groups excluding carboxylic acids is 2. The van der Waals surface area contributed by atoms with Crippen molar-refractivity contribution in [2.45, 2.75) is 33.3 Å². The van der Waals surface area contributed by atoms with E-state index in [0.29, 0.717) is 11.4 Å². The predicted octanol–water partition coefficient (Wildman–Crippen LogP) is 3.16. The zero-order valence-corrected chi connectivity index (χ0v) is 13.4. The summed E-state index contributed by atoms with van der Waals surface area (Å²) in [5, 5.41) is 5.39. The molecular formula is C14H19BrN2O3. The molecule has 1 rings (SSSR count). The standard InChI is InChI=1S/C14H19BrN2O3/c1-4-9(2)20-8-14(19)17-13-7-11(15)5-6-12(13)16-10(3)18/h5-7,9H,4,8H2,1-3H3,(H,16,18)(H,17,19)/t9-/m0/s1. The zero-order valence-electron chi connectivity index (χ0n) is 11.8. The van der Waals surface area contributed by atoms with Crippen LogP contribution in [0, 0.1) is 0 Å². The van der Waals surface area contributed by atoms with Gasteiger partial charge in [-0.05, 0) is 31.5 Å². The van der Waals surface area contributed by atoms with E-state index in [9.17, 15) is 9.59 Å². The van der Waals surface area contributed by atoms with E-state index >= 15 is 0 Å². The third kappa shape index (κ3) is 5.71. The molecular weight excluding hydrogens is 324 g/mol. The van der Waals surface area contributed by atoms with Crippen LogP contribution in [0.1, 0.15) is 27.2 Å². The summed E-state index contributed by atoms with van der Waals surface area (Å²) >= 11 is 3.33. The average Bonchev–Trinajstić information content (AvgIpc) is 2.38. The van der Waals surface area contributed by atoms with Crippen LogP contribution in [0.25, 0.3) is 0 Å². The van der Waals surface area contributed by atoms with Crippen LogP contribution in [0.15, 0.2) is 22.7 Å². The van der Waals surface area contributed by atoms with E-state index in [-0.39, 0.29) is 24.5 Å². The van der Waals surface area contributed by atoms with Crippen LogP contribution in [-0.4, -0.2) is 24.5 Å². The molecule has 0 spiro atoms. The van der Waals surface area contributed by atoms with Gasteiger partial charge in [0.25, 0.3) is 0 Å². The van der Waals surface area contributed by atoms with Crippen molar-refractivity contribution in [1.29, 1.82) is 0 Å². The molecule has 0 radical (unpaired) electrons. The van der Waals surface area contributed by atoms with Gasteiger partial charge in [0, 0.05) is 11.4 Å². The van der Waals surface area contributed by atoms with Crippen LogP contribution in [0.3, 0.4) is 0 Å². The van der Waals surface area contributed by atoms with Crippen LogP contribution in [0.5, 0.6) is 0 Å². The Hall–Kier alpha value is -1.40. The number of nitrogens with one attached hydrogen (secondary N) is 2. The van der Waals surface area contributed by atoms with Crippen molar-refractivity contribution in [2.24, 2.45) is 0 Å². The molecule has 2 N–H and O–H groups in total. The third-order valence-corrected chi connectivity index (χ3v) is 3.13. The van der Waals surface area contributed by atoms with Gasteiger partial charge in [0.05, 0.1) is 17.5 Å². The van der Waals surface area contributed by atoms with Crippen LogP contribution in [-0.2, 0) is 14.3 Å². The lowest BCUT2D eigenvalue weighted by molar-refractivity contribution is -0.122. The Morgan fingerprint density at radius 3 is 2.60 bits per heavy atom. The molecule has 0 saturated heterocycles. The van der Waals surface area contributed by atoms with Gasteiger partial charge in [0.15, 0.2) is 0 Å². The van der Waals surface area contributed by atoms with Crippen LogP contribution < -0.4 is 10.6 Å². The minimum absolute atomic E-state index is 0.0129. The molecule has 1 atom stereocenters. The van der Waals surface area contributed by atoms with Gasteiger partial charge >= 0.3 is 0 Å². The summed E-state index contributed by atoms with van der Waals surface area (Å²) in [4.78, 5) is 22.9. The molecule has 0 aromatic heterocycles. The minimum atomic E-state index is -0.255. The first kappa shape index (κ1) is 16.7. The van der Waals surface area contributed by atoms with Gasteiger partial charge in [0.2, 0.25) is 11.8 Å². The van der Waals surface area contributed by atoms with Crippen molar-refractivity contribution < 1.29 is 14.3 Å². The summed E-state index contributed by atoms with van der Waals surface area (Å²) in [5.41, 5.74) is 1.09. The second-order valence-corrected chi connectivity index (χ2v) is 5.36. The second kappa shape index (κ2) is 8.01. The van der Waals surface area contributed by atoms with Crippen LogP contribution in [0.2, 0.25) is 0 Å². The lowest BCUT2D eigenvalue weighted by atomic mass is 10.2. The molecule has 1 aromatic carbocycles. The first-order valence-electron chi connectivity index (χ1n) is 6.41. The number of ether oxygens (including phenoxy) is 1. The summed E-state index contributed by atoms with van der Waals surface area (Å²) in [6.07, 6.45) is 0.888. The molecule has 5 nitrogen and oxygen atoms in total. The zero-order chi connectivity index (χ0) is 15.1. The van der Waals surface area contributed by atoms with E-state index in [0.717, 1.165) is 10.9 Å². The summed E-state index contributed by atoms with van der Waals surface area (Å²) in [7, 11) is 0. The largest absolute Gasteiger partial charge is 0.369 e. The van der Waals surface area contributed by atoms with Crippen molar-refractivity contribution in [3.63, 3.8) is 0 Å². The number of hydrogen-bond acceptors (Lipinski definition) is 3. The fourth-order valence-corrected chi connectivity index (χ4v) is 1.80. The fourth-order valence-electron chi connectivity index (χ4n) is 1.44.